The predicted octanol–water partition coefficient (Wildman–Crippen LogP) is -0.381. The molecule has 34 valence electrons. The normalized spacial score (nSPS) is 29.7. The van der Waals surface area contributed by atoms with E-state index >= 15 is 0 Å². The zero-order chi connectivity index (χ0) is 4.57. The molecule has 0 spiro atoms. The van der Waals surface area contributed by atoms with Crippen LogP contribution in [0, 0.1) is 10.1 Å². The zero-order valence-corrected chi connectivity index (χ0v) is 2.96. The van der Waals surface area contributed by atoms with Gasteiger partial charge in [0.2, 0.25) is 0 Å². The van der Waals surface area contributed by atoms with Crippen LogP contribution in [0.4, 0.5) is 0 Å². The van der Waals surface area contributed by atoms with E-state index in [9.17, 15) is 10.1 Å². The van der Waals surface area contributed by atoms with Crippen molar-refractivity contribution in [2.45, 2.75) is 6.23 Å². The van der Waals surface area contributed by atoms with Crippen molar-refractivity contribution in [1.82, 2.24) is 0 Å². The standard InChI is InChI=1S/C2H3NO3/c4-3(5)2-1-6-2/h2H,1H2. The summed E-state index contributed by atoms with van der Waals surface area (Å²) < 4.78 is 4.27. The topological polar surface area (TPSA) is 55.7 Å². The fourth-order valence-electron chi connectivity index (χ4n) is 0.165. The van der Waals surface area contributed by atoms with Gasteiger partial charge in [0.15, 0.2) is 0 Å². The Bertz CT molecular complexity index is 76.9. The smallest absolute Gasteiger partial charge is 0.305 e. The minimum absolute atomic E-state index is 0.299. The number of nitro groups is 1. The Morgan fingerprint density at radius 1 is 2.00 bits per heavy atom. The second kappa shape index (κ2) is 0.909. The maximum absolute atomic E-state index is 9.44. The van der Waals surface area contributed by atoms with Crippen molar-refractivity contribution in [1.29, 1.82) is 0 Å². The number of ether oxygens (including phenoxy) is 1. The molecule has 1 aliphatic heterocycles. The van der Waals surface area contributed by atoms with Crippen LogP contribution in [0.3, 0.4) is 0 Å². The van der Waals surface area contributed by atoms with Crippen LogP contribution in [0.25, 0.3) is 0 Å². The Hall–Kier alpha value is -0.640. The van der Waals surface area contributed by atoms with Gasteiger partial charge in [-0.25, -0.2) is 0 Å². The summed E-state index contributed by atoms with van der Waals surface area (Å²) in [5, 5.41) is 9.44. The van der Waals surface area contributed by atoms with Crippen LogP contribution >= 0.6 is 0 Å². The van der Waals surface area contributed by atoms with E-state index in [-0.39, 0.29) is 0 Å². The molecule has 0 radical (unpaired) electrons. The van der Waals surface area contributed by atoms with Gasteiger partial charge in [-0.1, -0.05) is 0 Å². The monoisotopic (exact) mass is 89.0 g/mol. The van der Waals surface area contributed by atoms with E-state index in [0.29, 0.717) is 6.61 Å². The van der Waals surface area contributed by atoms with Crippen LogP contribution in [0.1, 0.15) is 0 Å². The fourth-order valence-corrected chi connectivity index (χ4v) is 0.165. The minimum Gasteiger partial charge on any atom is -0.305 e. The third kappa shape index (κ3) is 0.463. The highest BCUT2D eigenvalue weighted by Gasteiger charge is 2.35. The molecule has 0 N–H and O–H groups in total. The summed E-state index contributed by atoms with van der Waals surface area (Å²) in [6.07, 6.45) is -0.676. The SMILES string of the molecule is O=[N+]([O-])C1CO1. The Morgan fingerprint density at radius 2 is 2.50 bits per heavy atom. The van der Waals surface area contributed by atoms with E-state index in [1.165, 1.54) is 0 Å². The molecule has 0 aliphatic carbocycles. The molecular weight excluding hydrogens is 86.0 g/mol. The molecule has 1 saturated heterocycles. The summed E-state index contributed by atoms with van der Waals surface area (Å²) in [7, 11) is 0. The number of hydrogen-bond donors (Lipinski definition) is 0. The maximum atomic E-state index is 9.44. The molecule has 0 saturated carbocycles. The number of hydrogen-bond acceptors (Lipinski definition) is 3. The lowest BCUT2D eigenvalue weighted by Crippen LogP contribution is -2.00. The summed E-state index contributed by atoms with van der Waals surface area (Å²) in [6.45, 7) is 0.299. The van der Waals surface area contributed by atoms with Gasteiger partial charge in [-0.3, -0.25) is 10.1 Å². The summed E-state index contributed by atoms with van der Waals surface area (Å²) in [4.78, 5) is 9.00. The molecule has 1 atom stereocenters. The molecule has 6 heavy (non-hydrogen) atoms. The Morgan fingerprint density at radius 3 is 2.50 bits per heavy atom. The first-order valence-corrected chi connectivity index (χ1v) is 1.56. The largest absolute Gasteiger partial charge is 0.339 e. The van der Waals surface area contributed by atoms with Crippen molar-refractivity contribution in [2.75, 3.05) is 6.61 Å². The summed E-state index contributed by atoms with van der Waals surface area (Å²) in [6, 6.07) is 0. The van der Waals surface area contributed by atoms with Gasteiger partial charge in [0.05, 0.1) is 4.92 Å². The molecule has 0 bridgehead atoms. The second-order valence-corrected chi connectivity index (χ2v) is 1.07. The highest BCUT2D eigenvalue weighted by molar-refractivity contribution is 4.51. The molecule has 1 rings (SSSR count). The van der Waals surface area contributed by atoms with Gasteiger partial charge in [0.1, 0.15) is 6.61 Å². The van der Waals surface area contributed by atoms with Crippen molar-refractivity contribution in [3.05, 3.63) is 10.1 Å². The quantitative estimate of drug-likeness (QED) is 0.250. The maximum Gasteiger partial charge on any atom is 0.339 e. The molecule has 1 unspecified atom stereocenters. The molecule has 0 amide bonds. The van der Waals surface area contributed by atoms with Crippen molar-refractivity contribution in [3.63, 3.8) is 0 Å². The van der Waals surface area contributed by atoms with E-state index in [4.69, 9.17) is 0 Å². The Kier molecular flexibility index (Phi) is 0.537. The van der Waals surface area contributed by atoms with E-state index < -0.39 is 11.2 Å². The first-order chi connectivity index (χ1) is 2.80. The molecular formula is C2H3NO3. The number of rotatable bonds is 1. The highest BCUT2D eigenvalue weighted by atomic mass is 16.7. The summed E-state index contributed by atoms with van der Waals surface area (Å²) >= 11 is 0. The van der Waals surface area contributed by atoms with Gasteiger partial charge in [-0.2, -0.15) is 0 Å². The zero-order valence-electron chi connectivity index (χ0n) is 2.96. The molecule has 1 aliphatic rings. The molecule has 4 nitrogen and oxygen atoms in total. The molecule has 0 aromatic heterocycles. The first-order valence-electron chi connectivity index (χ1n) is 1.56. The van der Waals surface area contributed by atoms with E-state index in [0.717, 1.165) is 0 Å². The van der Waals surface area contributed by atoms with Crippen molar-refractivity contribution < 1.29 is 9.66 Å². The lowest BCUT2D eigenvalue weighted by molar-refractivity contribution is -0.515. The van der Waals surface area contributed by atoms with Gasteiger partial charge < -0.3 is 4.74 Å². The van der Waals surface area contributed by atoms with Gasteiger partial charge in [-0.05, 0) is 0 Å². The minimum atomic E-state index is -0.676. The van der Waals surface area contributed by atoms with Crippen molar-refractivity contribution in [2.24, 2.45) is 0 Å². The van der Waals surface area contributed by atoms with Gasteiger partial charge >= 0.3 is 6.23 Å². The molecule has 1 heterocycles. The van der Waals surface area contributed by atoms with E-state index in [1.807, 2.05) is 0 Å². The third-order valence-electron chi connectivity index (χ3n) is 0.551. The lowest BCUT2D eigenvalue weighted by atomic mass is 10.8. The fraction of sp³-hybridized carbons (Fsp3) is 1.00. The molecule has 1 fully saturated rings. The van der Waals surface area contributed by atoms with Crippen LogP contribution in [-0.4, -0.2) is 17.8 Å². The molecule has 0 aromatic carbocycles. The number of nitrogens with zero attached hydrogens (tertiary/aromatic N) is 1. The van der Waals surface area contributed by atoms with Gasteiger partial charge in [-0.15, -0.1) is 0 Å². The first kappa shape index (κ1) is 3.55. The third-order valence-corrected chi connectivity index (χ3v) is 0.551. The average molecular weight is 89.1 g/mol. The number of epoxide rings is 1. The Balaban J connectivity index is 2.31. The Labute approximate surface area is 33.9 Å². The average Bonchev–Trinajstić information content (AvgIpc) is 2.06. The highest BCUT2D eigenvalue weighted by Crippen LogP contribution is 2.07. The van der Waals surface area contributed by atoms with Crippen LogP contribution < -0.4 is 0 Å². The van der Waals surface area contributed by atoms with Gasteiger partial charge in [0, 0.05) is 0 Å². The van der Waals surface area contributed by atoms with Crippen LogP contribution in [-0.2, 0) is 4.74 Å². The lowest BCUT2D eigenvalue weighted by Gasteiger charge is -1.73. The van der Waals surface area contributed by atoms with Crippen molar-refractivity contribution >= 4 is 0 Å². The summed E-state index contributed by atoms with van der Waals surface area (Å²) in [5.41, 5.74) is 0. The molecule has 4 heteroatoms. The van der Waals surface area contributed by atoms with Crippen LogP contribution in [0.2, 0.25) is 0 Å². The molecule has 0 aromatic rings. The van der Waals surface area contributed by atoms with Crippen LogP contribution in [0.5, 0.6) is 0 Å². The van der Waals surface area contributed by atoms with Gasteiger partial charge in [0.25, 0.3) is 0 Å². The van der Waals surface area contributed by atoms with E-state index in [1.54, 1.807) is 0 Å². The van der Waals surface area contributed by atoms with Crippen molar-refractivity contribution in [3.8, 4) is 0 Å². The summed E-state index contributed by atoms with van der Waals surface area (Å²) in [5.74, 6) is 0. The second-order valence-electron chi connectivity index (χ2n) is 1.07. The van der Waals surface area contributed by atoms with Crippen LogP contribution in [0.15, 0.2) is 0 Å². The van der Waals surface area contributed by atoms with E-state index in [2.05, 4.69) is 4.74 Å². The predicted molar refractivity (Wildman–Crippen MR) is 16.7 cm³/mol.